The van der Waals surface area contributed by atoms with Gasteiger partial charge in [0.15, 0.2) is 0 Å². The van der Waals surface area contributed by atoms with Crippen LogP contribution >= 0.6 is 0 Å². The molecule has 0 aromatic heterocycles. The van der Waals surface area contributed by atoms with Gasteiger partial charge in [0.2, 0.25) is 0 Å². The molecule has 0 atom stereocenters. The van der Waals surface area contributed by atoms with Gasteiger partial charge < -0.3 is 9.64 Å². The second kappa shape index (κ2) is 9.31. The average molecular weight is 409 g/mol. The van der Waals surface area contributed by atoms with Crippen LogP contribution in [-0.2, 0) is 0 Å². The van der Waals surface area contributed by atoms with E-state index in [4.69, 9.17) is 4.74 Å². The number of carbonyl (C=O) groups is 2. The molecule has 0 heterocycles. The maximum Gasteiger partial charge on any atom is 0.343 e. The van der Waals surface area contributed by atoms with Crippen LogP contribution in [0, 0.1) is 11.6 Å². The molecule has 0 radical (unpaired) electrons. The molecule has 0 unspecified atom stereocenters. The number of hydrogen-bond donors (Lipinski definition) is 0. The summed E-state index contributed by atoms with van der Waals surface area (Å²) in [7, 11) is 0. The first kappa shape index (κ1) is 21.2. The largest absolute Gasteiger partial charge is 0.422 e. The minimum atomic E-state index is -0.745. The second-order valence-electron chi connectivity index (χ2n) is 6.57. The molecule has 0 aliphatic rings. The molecule has 3 rings (SSSR count). The lowest BCUT2D eigenvalue weighted by Gasteiger charge is -2.21. The molecular formula is C24H21F2NO3. The molecule has 30 heavy (non-hydrogen) atoms. The van der Waals surface area contributed by atoms with Crippen molar-refractivity contribution in [1.29, 1.82) is 0 Å². The standard InChI is InChI=1S/C24H21F2NO3/c1-3-27(4-2)23(28)20-14-17(19-12-11-18(25)15-21(19)26)10-13-22(20)30-24(29)16-8-6-5-7-9-16/h5-15H,3-4H2,1-2H3. The lowest BCUT2D eigenvalue weighted by Crippen LogP contribution is -2.31. The van der Waals surface area contributed by atoms with Crippen LogP contribution < -0.4 is 4.74 Å². The first-order valence-electron chi connectivity index (χ1n) is 9.60. The van der Waals surface area contributed by atoms with E-state index in [1.165, 1.54) is 24.3 Å². The lowest BCUT2D eigenvalue weighted by molar-refractivity contribution is 0.0720. The van der Waals surface area contributed by atoms with E-state index >= 15 is 0 Å². The third kappa shape index (κ3) is 4.54. The monoisotopic (exact) mass is 409 g/mol. The van der Waals surface area contributed by atoms with Crippen molar-refractivity contribution in [2.45, 2.75) is 13.8 Å². The van der Waals surface area contributed by atoms with Crippen LogP contribution in [0.2, 0.25) is 0 Å². The van der Waals surface area contributed by atoms with Crippen molar-refractivity contribution in [2.75, 3.05) is 13.1 Å². The van der Waals surface area contributed by atoms with E-state index < -0.39 is 17.6 Å². The molecule has 0 fully saturated rings. The van der Waals surface area contributed by atoms with Crippen LogP contribution in [0.15, 0.2) is 66.7 Å². The quantitative estimate of drug-likeness (QED) is 0.408. The predicted molar refractivity (Wildman–Crippen MR) is 110 cm³/mol. The Morgan fingerprint density at radius 2 is 1.60 bits per heavy atom. The van der Waals surface area contributed by atoms with Gasteiger partial charge in [0, 0.05) is 24.7 Å². The zero-order valence-corrected chi connectivity index (χ0v) is 16.7. The highest BCUT2D eigenvalue weighted by Gasteiger charge is 2.21. The number of nitrogens with zero attached hydrogens (tertiary/aromatic N) is 1. The molecule has 0 saturated carbocycles. The fourth-order valence-corrected chi connectivity index (χ4v) is 3.09. The van der Waals surface area contributed by atoms with Gasteiger partial charge in [-0.1, -0.05) is 24.3 Å². The summed E-state index contributed by atoms with van der Waals surface area (Å²) in [6, 6.07) is 16.1. The van der Waals surface area contributed by atoms with Gasteiger partial charge in [-0.2, -0.15) is 0 Å². The number of amides is 1. The van der Waals surface area contributed by atoms with Crippen molar-refractivity contribution in [3.05, 3.63) is 89.5 Å². The Hall–Kier alpha value is -3.54. The number of hydrogen-bond acceptors (Lipinski definition) is 3. The molecule has 4 nitrogen and oxygen atoms in total. The smallest absolute Gasteiger partial charge is 0.343 e. The molecule has 0 saturated heterocycles. The summed E-state index contributed by atoms with van der Waals surface area (Å²) in [6.45, 7) is 4.58. The van der Waals surface area contributed by atoms with Gasteiger partial charge in [-0.3, -0.25) is 4.79 Å². The molecule has 1 amide bonds. The van der Waals surface area contributed by atoms with E-state index in [9.17, 15) is 18.4 Å². The Morgan fingerprint density at radius 1 is 0.900 bits per heavy atom. The Kier molecular flexibility index (Phi) is 6.57. The summed E-state index contributed by atoms with van der Waals surface area (Å²) in [6.07, 6.45) is 0. The van der Waals surface area contributed by atoms with Crippen LogP contribution in [0.25, 0.3) is 11.1 Å². The van der Waals surface area contributed by atoms with E-state index in [1.54, 1.807) is 35.2 Å². The van der Waals surface area contributed by atoms with Crippen molar-refractivity contribution < 1.29 is 23.1 Å². The van der Waals surface area contributed by atoms with Gasteiger partial charge in [0.05, 0.1) is 11.1 Å². The fraction of sp³-hybridized carbons (Fsp3) is 0.167. The average Bonchev–Trinajstić information content (AvgIpc) is 2.75. The summed E-state index contributed by atoms with van der Waals surface area (Å²) in [5.41, 5.74) is 0.991. The van der Waals surface area contributed by atoms with E-state index in [0.29, 0.717) is 24.2 Å². The molecule has 6 heteroatoms. The van der Waals surface area contributed by atoms with E-state index in [1.807, 2.05) is 13.8 Å². The van der Waals surface area contributed by atoms with Crippen LogP contribution in [0.4, 0.5) is 8.78 Å². The molecule has 0 N–H and O–H groups in total. The van der Waals surface area contributed by atoms with Gasteiger partial charge in [-0.15, -0.1) is 0 Å². The van der Waals surface area contributed by atoms with Gasteiger partial charge in [0.1, 0.15) is 17.4 Å². The second-order valence-corrected chi connectivity index (χ2v) is 6.57. The third-order valence-corrected chi connectivity index (χ3v) is 4.71. The summed E-state index contributed by atoms with van der Waals surface area (Å²) in [5.74, 6) is -2.31. The molecule has 0 aliphatic heterocycles. The highest BCUT2D eigenvalue weighted by molar-refractivity contribution is 6.00. The van der Waals surface area contributed by atoms with Crippen molar-refractivity contribution in [1.82, 2.24) is 4.90 Å². The van der Waals surface area contributed by atoms with E-state index in [2.05, 4.69) is 0 Å². The van der Waals surface area contributed by atoms with Crippen molar-refractivity contribution in [2.24, 2.45) is 0 Å². The zero-order valence-electron chi connectivity index (χ0n) is 16.7. The number of esters is 1. The Morgan fingerprint density at radius 3 is 2.23 bits per heavy atom. The van der Waals surface area contributed by atoms with Crippen LogP contribution in [-0.4, -0.2) is 29.9 Å². The highest BCUT2D eigenvalue weighted by atomic mass is 19.1. The number of rotatable bonds is 6. The number of halogens is 2. The maximum absolute atomic E-state index is 14.3. The van der Waals surface area contributed by atoms with Gasteiger partial charge in [-0.25, -0.2) is 13.6 Å². The Bertz CT molecular complexity index is 1060. The molecule has 154 valence electrons. The first-order valence-corrected chi connectivity index (χ1v) is 9.60. The summed E-state index contributed by atoms with van der Waals surface area (Å²) in [5, 5.41) is 0. The topological polar surface area (TPSA) is 46.6 Å². The molecule has 3 aromatic carbocycles. The van der Waals surface area contributed by atoms with Crippen molar-refractivity contribution in [3.8, 4) is 16.9 Å². The van der Waals surface area contributed by atoms with Crippen molar-refractivity contribution >= 4 is 11.9 Å². The summed E-state index contributed by atoms with van der Waals surface area (Å²) < 4.78 is 33.0. The number of ether oxygens (including phenoxy) is 1. The number of carbonyl (C=O) groups excluding carboxylic acids is 2. The van der Waals surface area contributed by atoms with Gasteiger partial charge >= 0.3 is 5.97 Å². The van der Waals surface area contributed by atoms with Crippen molar-refractivity contribution in [3.63, 3.8) is 0 Å². The summed E-state index contributed by atoms with van der Waals surface area (Å²) in [4.78, 5) is 27.1. The molecule has 0 aliphatic carbocycles. The SMILES string of the molecule is CCN(CC)C(=O)c1cc(-c2ccc(F)cc2F)ccc1OC(=O)c1ccccc1. The third-order valence-electron chi connectivity index (χ3n) is 4.71. The maximum atomic E-state index is 14.3. The minimum absolute atomic E-state index is 0.0759. The number of benzene rings is 3. The molecule has 0 spiro atoms. The first-order chi connectivity index (χ1) is 14.4. The fourth-order valence-electron chi connectivity index (χ4n) is 3.09. The highest BCUT2D eigenvalue weighted by Crippen LogP contribution is 2.30. The molecular weight excluding hydrogens is 388 g/mol. The van der Waals surface area contributed by atoms with Crippen LogP contribution in [0.5, 0.6) is 5.75 Å². The lowest BCUT2D eigenvalue weighted by atomic mass is 10.0. The van der Waals surface area contributed by atoms with Crippen LogP contribution in [0.3, 0.4) is 0 Å². The van der Waals surface area contributed by atoms with Crippen LogP contribution in [0.1, 0.15) is 34.6 Å². The zero-order chi connectivity index (χ0) is 21.7. The minimum Gasteiger partial charge on any atom is -0.422 e. The molecule has 3 aromatic rings. The molecule has 0 bridgehead atoms. The summed E-state index contributed by atoms with van der Waals surface area (Å²) >= 11 is 0. The van der Waals surface area contributed by atoms with E-state index in [0.717, 1.165) is 12.1 Å². The van der Waals surface area contributed by atoms with Gasteiger partial charge in [-0.05, 0) is 55.8 Å². The van der Waals surface area contributed by atoms with Gasteiger partial charge in [0.25, 0.3) is 5.91 Å². The Labute approximate surface area is 173 Å². The Balaban J connectivity index is 2.05. The normalized spacial score (nSPS) is 10.5. The van der Waals surface area contributed by atoms with E-state index in [-0.39, 0.29) is 22.8 Å². The predicted octanol–water partition coefficient (Wildman–Crippen LogP) is 5.33.